The normalized spacial score (nSPS) is 12.5. The van der Waals surface area contributed by atoms with Gasteiger partial charge in [0, 0.05) is 35.1 Å². The maximum atomic E-state index is 12.4. The van der Waals surface area contributed by atoms with E-state index in [0.29, 0.717) is 11.6 Å². The molecule has 0 aliphatic rings. The number of rotatable bonds is 6. The molecule has 3 rings (SSSR count). The first-order chi connectivity index (χ1) is 12.9. The highest BCUT2D eigenvalue weighted by molar-refractivity contribution is 6.31. The molecule has 1 atom stereocenters. The first kappa shape index (κ1) is 19.5. The molecule has 0 aliphatic heterocycles. The summed E-state index contributed by atoms with van der Waals surface area (Å²) in [6, 6.07) is 14.1. The monoisotopic (exact) mass is 383 g/mol. The Morgan fingerprint density at radius 3 is 2.59 bits per heavy atom. The lowest BCUT2D eigenvalue weighted by atomic mass is 10.0. The zero-order valence-electron chi connectivity index (χ0n) is 16.3. The molecule has 4 nitrogen and oxygen atoms in total. The maximum absolute atomic E-state index is 12.4. The van der Waals surface area contributed by atoms with Crippen LogP contribution in [0.1, 0.15) is 18.1 Å². The summed E-state index contributed by atoms with van der Waals surface area (Å²) < 4.78 is 0. The molecule has 0 unspecified atom stereocenters. The number of aryl methyl sites for hydroxylation is 1. The van der Waals surface area contributed by atoms with E-state index < -0.39 is 0 Å². The number of H-pyrrole nitrogens is 1. The standard InChI is InChI=1S/C22H26ClN3O/c1-14(13-26(3)4)22(27)24-12-17-10-18(23)11-19-15(2)20(25-21(17)19)16-8-6-5-7-9-16/h5-11,14,25H,12-13H2,1-4H3,(H,24,27)/t14-/m0/s1. The van der Waals surface area contributed by atoms with Gasteiger partial charge in [-0.05, 0) is 49.8 Å². The Hall–Kier alpha value is -2.30. The highest BCUT2D eigenvalue weighted by Crippen LogP contribution is 2.33. The number of nitrogens with one attached hydrogen (secondary N) is 2. The van der Waals surface area contributed by atoms with Crippen molar-refractivity contribution in [3.8, 4) is 11.3 Å². The van der Waals surface area contributed by atoms with Crippen LogP contribution in [-0.4, -0.2) is 36.4 Å². The van der Waals surface area contributed by atoms with Gasteiger partial charge in [0.15, 0.2) is 0 Å². The summed E-state index contributed by atoms with van der Waals surface area (Å²) >= 11 is 6.36. The molecule has 0 radical (unpaired) electrons. The second kappa shape index (κ2) is 8.15. The third-order valence-corrected chi connectivity index (χ3v) is 5.03. The fourth-order valence-electron chi connectivity index (χ4n) is 3.48. The lowest BCUT2D eigenvalue weighted by Gasteiger charge is -2.16. The smallest absolute Gasteiger partial charge is 0.224 e. The van der Waals surface area contributed by atoms with Crippen LogP contribution in [0.15, 0.2) is 42.5 Å². The van der Waals surface area contributed by atoms with Crippen molar-refractivity contribution >= 4 is 28.4 Å². The van der Waals surface area contributed by atoms with Crippen molar-refractivity contribution in [1.29, 1.82) is 0 Å². The lowest BCUT2D eigenvalue weighted by molar-refractivity contribution is -0.125. The summed E-state index contributed by atoms with van der Waals surface area (Å²) in [6.07, 6.45) is 0. The molecular formula is C22H26ClN3O. The van der Waals surface area contributed by atoms with Crippen LogP contribution in [-0.2, 0) is 11.3 Å². The third kappa shape index (κ3) is 4.34. The Morgan fingerprint density at radius 2 is 1.93 bits per heavy atom. The van der Waals surface area contributed by atoms with E-state index in [4.69, 9.17) is 11.6 Å². The summed E-state index contributed by atoms with van der Waals surface area (Å²) in [5.41, 5.74) is 5.40. The number of halogens is 1. The van der Waals surface area contributed by atoms with E-state index in [2.05, 4.69) is 29.4 Å². The molecule has 0 aliphatic carbocycles. The number of fused-ring (bicyclic) bond motifs is 1. The van der Waals surface area contributed by atoms with Crippen LogP contribution in [0.5, 0.6) is 0 Å². The molecule has 1 aromatic heterocycles. The fraction of sp³-hybridized carbons (Fsp3) is 0.318. The van der Waals surface area contributed by atoms with Crippen molar-refractivity contribution < 1.29 is 4.79 Å². The second-order valence-electron chi connectivity index (χ2n) is 7.36. The number of amides is 1. The third-order valence-electron chi connectivity index (χ3n) is 4.82. The second-order valence-corrected chi connectivity index (χ2v) is 7.80. The molecule has 0 saturated carbocycles. The van der Waals surface area contributed by atoms with Crippen LogP contribution < -0.4 is 5.32 Å². The first-order valence-corrected chi connectivity index (χ1v) is 9.53. The fourth-order valence-corrected chi connectivity index (χ4v) is 3.72. The minimum atomic E-state index is -0.0695. The Kier molecular flexibility index (Phi) is 5.88. The zero-order chi connectivity index (χ0) is 19.6. The van der Waals surface area contributed by atoms with Gasteiger partial charge in [-0.2, -0.15) is 0 Å². The van der Waals surface area contributed by atoms with Crippen molar-refractivity contribution in [1.82, 2.24) is 15.2 Å². The van der Waals surface area contributed by atoms with E-state index in [0.717, 1.165) is 39.8 Å². The molecule has 2 N–H and O–H groups in total. The van der Waals surface area contributed by atoms with E-state index in [1.165, 1.54) is 0 Å². The molecule has 3 aromatic rings. The van der Waals surface area contributed by atoms with Crippen LogP contribution in [0.4, 0.5) is 0 Å². The molecule has 142 valence electrons. The number of hydrogen-bond donors (Lipinski definition) is 2. The highest BCUT2D eigenvalue weighted by atomic mass is 35.5. The Labute approximate surface area is 165 Å². The van der Waals surface area contributed by atoms with Gasteiger partial charge in [-0.3, -0.25) is 4.79 Å². The van der Waals surface area contributed by atoms with Crippen molar-refractivity contribution in [2.24, 2.45) is 5.92 Å². The van der Waals surface area contributed by atoms with Crippen molar-refractivity contribution in [3.05, 3.63) is 58.6 Å². The number of benzene rings is 2. The quantitative estimate of drug-likeness (QED) is 0.653. The number of aromatic amines is 1. The summed E-state index contributed by atoms with van der Waals surface area (Å²) in [4.78, 5) is 17.9. The van der Waals surface area contributed by atoms with Crippen molar-refractivity contribution in [3.63, 3.8) is 0 Å². The molecule has 2 aromatic carbocycles. The summed E-state index contributed by atoms with van der Waals surface area (Å²) in [7, 11) is 3.94. The van der Waals surface area contributed by atoms with Gasteiger partial charge in [-0.25, -0.2) is 0 Å². The van der Waals surface area contributed by atoms with Crippen molar-refractivity contribution in [2.45, 2.75) is 20.4 Å². The van der Waals surface area contributed by atoms with Crippen LogP contribution in [0.2, 0.25) is 5.02 Å². The highest BCUT2D eigenvalue weighted by Gasteiger charge is 2.16. The number of carbonyl (C=O) groups is 1. The number of carbonyl (C=O) groups excluding carboxylic acids is 1. The number of aromatic nitrogens is 1. The van der Waals surface area contributed by atoms with E-state index >= 15 is 0 Å². The average molecular weight is 384 g/mol. The molecule has 0 bridgehead atoms. The van der Waals surface area contributed by atoms with E-state index in [-0.39, 0.29) is 11.8 Å². The van der Waals surface area contributed by atoms with Crippen molar-refractivity contribution in [2.75, 3.05) is 20.6 Å². The predicted molar refractivity (Wildman–Crippen MR) is 113 cm³/mol. The Morgan fingerprint density at radius 1 is 1.22 bits per heavy atom. The molecule has 0 saturated heterocycles. The van der Waals surface area contributed by atoms with Crippen LogP contribution in [0.25, 0.3) is 22.2 Å². The van der Waals surface area contributed by atoms with Gasteiger partial charge in [-0.1, -0.05) is 48.9 Å². The molecular weight excluding hydrogens is 358 g/mol. The number of hydrogen-bond acceptors (Lipinski definition) is 2. The molecule has 1 heterocycles. The molecule has 5 heteroatoms. The predicted octanol–water partition coefficient (Wildman–Crippen LogP) is 4.61. The Bertz CT molecular complexity index is 947. The van der Waals surface area contributed by atoms with Gasteiger partial charge in [0.2, 0.25) is 5.91 Å². The molecule has 27 heavy (non-hydrogen) atoms. The molecule has 0 spiro atoms. The minimum absolute atomic E-state index is 0.0448. The maximum Gasteiger partial charge on any atom is 0.224 e. The van der Waals surface area contributed by atoms with Gasteiger partial charge in [-0.15, -0.1) is 0 Å². The van der Waals surface area contributed by atoms with Crippen LogP contribution >= 0.6 is 11.6 Å². The van der Waals surface area contributed by atoms with Gasteiger partial charge < -0.3 is 15.2 Å². The van der Waals surface area contributed by atoms with Gasteiger partial charge in [0.1, 0.15) is 0 Å². The zero-order valence-corrected chi connectivity index (χ0v) is 17.0. The van der Waals surface area contributed by atoms with Gasteiger partial charge >= 0.3 is 0 Å². The van der Waals surface area contributed by atoms with E-state index in [1.54, 1.807) is 0 Å². The van der Waals surface area contributed by atoms with Crippen LogP contribution in [0, 0.1) is 12.8 Å². The molecule has 0 fully saturated rings. The largest absolute Gasteiger partial charge is 0.354 e. The Balaban J connectivity index is 1.91. The SMILES string of the molecule is Cc1c(-c2ccccc2)[nH]c2c(CNC(=O)[C@@H](C)CN(C)C)cc(Cl)cc12. The summed E-state index contributed by atoms with van der Waals surface area (Å²) in [5.74, 6) is -0.0247. The molecule has 1 amide bonds. The summed E-state index contributed by atoms with van der Waals surface area (Å²) in [5, 5.41) is 4.81. The minimum Gasteiger partial charge on any atom is -0.354 e. The van der Waals surface area contributed by atoms with Gasteiger partial charge in [0.25, 0.3) is 0 Å². The lowest BCUT2D eigenvalue weighted by Crippen LogP contribution is -2.34. The average Bonchev–Trinajstić information content (AvgIpc) is 2.96. The van der Waals surface area contributed by atoms with Crippen LogP contribution in [0.3, 0.4) is 0 Å². The first-order valence-electron chi connectivity index (χ1n) is 9.15. The summed E-state index contributed by atoms with van der Waals surface area (Å²) in [6.45, 7) is 5.20. The topological polar surface area (TPSA) is 48.1 Å². The van der Waals surface area contributed by atoms with E-state index in [9.17, 15) is 4.79 Å². The van der Waals surface area contributed by atoms with Gasteiger partial charge in [0.05, 0.1) is 5.52 Å². The number of nitrogens with zero attached hydrogens (tertiary/aromatic N) is 1. The van der Waals surface area contributed by atoms with E-state index in [1.807, 2.05) is 56.3 Å².